The second kappa shape index (κ2) is 14.3. The Labute approximate surface area is 278 Å². The van der Waals surface area contributed by atoms with Crippen molar-refractivity contribution in [1.29, 1.82) is 0 Å². The number of nitrogens with one attached hydrogen (secondary N) is 2. The van der Waals surface area contributed by atoms with Gasteiger partial charge in [-0.2, -0.15) is 15.0 Å². The second-order valence-electron chi connectivity index (χ2n) is 16.5. The SMILES string of the molecule is CCCCNc1nc(NCCCC)nc(N2C(C)(C)CC(OC(=O)C(C)c3cc(C(C)(C)C)c(O)c(C(C)(C)C)c3)CC2(C)C)n1. The molecular formula is C37H62N6O3. The maximum absolute atomic E-state index is 13.8. The highest BCUT2D eigenvalue weighted by Gasteiger charge is 2.48. The Morgan fingerprint density at radius 2 is 1.33 bits per heavy atom. The summed E-state index contributed by atoms with van der Waals surface area (Å²) in [6.45, 7) is 29.0. The van der Waals surface area contributed by atoms with Gasteiger partial charge in [-0.25, -0.2) is 0 Å². The van der Waals surface area contributed by atoms with Crippen molar-refractivity contribution < 1.29 is 14.6 Å². The number of phenolic OH excluding ortho intramolecular Hbond substituents is 1. The number of piperidine rings is 1. The number of hydrogen-bond acceptors (Lipinski definition) is 9. The topological polar surface area (TPSA) is 112 Å². The molecule has 2 aromatic rings. The fourth-order valence-electron chi connectivity index (χ4n) is 6.64. The van der Waals surface area contributed by atoms with Crippen LogP contribution in [0.5, 0.6) is 5.75 Å². The highest BCUT2D eigenvalue weighted by Crippen LogP contribution is 2.44. The third kappa shape index (κ3) is 9.03. The van der Waals surface area contributed by atoms with Gasteiger partial charge in [0.15, 0.2) is 0 Å². The molecule has 0 bridgehead atoms. The molecule has 0 amide bonds. The molecule has 1 saturated heterocycles. The molecule has 9 nitrogen and oxygen atoms in total. The van der Waals surface area contributed by atoms with Crippen LogP contribution in [0.25, 0.3) is 0 Å². The lowest BCUT2D eigenvalue weighted by atomic mass is 9.77. The average molecular weight is 639 g/mol. The minimum Gasteiger partial charge on any atom is -0.507 e. The number of aromatic hydroxyl groups is 1. The molecule has 1 aliphatic heterocycles. The van der Waals surface area contributed by atoms with Gasteiger partial charge in [0.05, 0.1) is 5.92 Å². The van der Waals surface area contributed by atoms with Gasteiger partial charge >= 0.3 is 5.97 Å². The van der Waals surface area contributed by atoms with Crippen LogP contribution in [0.15, 0.2) is 12.1 Å². The van der Waals surface area contributed by atoms with Gasteiger partial charge in [-0.1, -0.05) is 80.4 Å². The molecule has 9 heteroatoms. The van der Waals surface area contributed by atoms with E-state index in [1.54, 1.807) is 0 Å². The second-order valence-corrected chi connectivity index (χ2v) is 16.5. The van der Waals surface area contributed by atoms with Crippen LogP contribution >= 0.6 is 0 Å². The van der Waals surface area contributed by atoms with Crippen LogP contribution < -0.4 is 15.5 Å². The summed E-state index contributed by atoms with van der Waals surface area (Å²) in [5.41, 5.74) is 1.17. The number of carbonyl (C=O) groups excluding carboxylic acids is 1. The number of esters is 1. The lowest BCUT2D eigenvalue weighted by Gasteiger charge is -2.54. The summed E-state index contributed by atoms with van der Waals surface area (Å²) in [6, 6.07) is 3.96. The zero-order chi connectivity index (χ0) is 34.7. The molecule has 258 valence electrons. The van der Waals surface area contributed by atoms with E-state index in [1.807, 2.05) is 19.1 Å². The van der Waals surface area contributed by atoms with Gasteiger partial charge in [0.25, 0.3) is 0 Å². The van der Waals surface area contributed by atoms with Crippen LogP contribution in [-0.4, -0.2) is 56.3 Å². The fraction of sp³-hybridized carbons (Fsp3) is 0.730. The number of unbranched alkanes of at least 4 members (excludes halogenated alkanes) is 2. The lowest BCUT2D eigenvalue weighted by molar-refractivity contribution is -0.153. The van der Waals surface area contributed by atoms with Crippen molar-refractivity contribution in [2.75, 3.05) is 28.6 Å². The maximum Gasteiger partial charge on any atom is 0.313 e. The monoisotopic (exact) mass is 638 g/mol. The number of benzene rings is 1. The molecule has 1 aromatic heterocycles. The summed E-state index contributed by atoms with van der Waals surface area (Å²) in [4.78, 5) is 30.5. The highest BCUT2D eigenvalue weighted by molar-refractivity contribution is 5.78. The van der Waals surface area contributed by atoms with Gasteiger partial charge < -0.3 is 25.4 Å². The van der Waals surface area contributed by atoms with Gasteiger partial charge in [-0.3, -0.25) is 4.79 Å². The van der Waals surface area contributed by atoms with Crippen LogP contribution in [0.3, 0.4) is 0 Å². The van der Waals surface area contributed by atoms with Crippen molar-refractivity contribution in [2.24, 2.45) is 0 Å². The molecule has 2 heterocycles. The number of ether oxygens (including phenoxy) is 1. The summed E-state index contributed by atoms with van der Waals surface area (Å²) in [5, 5.41) is 18.0. The molecule has 0 spiro atoms. The number of nitrogens with zero attached hydrogens (tertiary/aromatic N) is 4. The average Bonchev–Trinajstić information content (AvgIpc) is 2.90. The molecule has 0 saturated carbocycles. The number of hydrogen-bond donors (Lipinski definition) is 3. The standard InChI is InChI=1S/C37H62N6O3/c1-14-16-18-38-31-40-32(39-19-17-15-2)42-33(41-31)43-36(10,11)22-26(23-37(43,12)13)46-30(45)24(3)25-20-27(34(4,5)6)29(44)28(21-25)35(7,8)9/h20-21,24,26,44H,14-19,22-23H2,1-13H3,(H2,38,39,40,41,42). The van der Waals surface area contributed by atoms with Gasteiger partial charge in [0.1, 0.15) is 11.9 Å². The number of rotatable bonds is 12. The quantitative estimate of drug-likeness (QED) is 0.156. The van der Waals surface area contributed by atoms with Gasteiger partial charge in [-0.05, 0) is 75.0 Å². The Bertz CT molecular complexity index is 1260. The molecule has 1 fully saturated rings. The summed E-state index contributed by atoms with van der Waals surface area (Å²) in [6.07, 6.45) is 5.22. The van der Waals surface area contributed by atoms with E-state index < -0.39 is 17.0 Å². The van der Waals surface area contributed by atoms with Crippen LogP contribution in [-0.2, 0) is 20.4 Å². The molecule has 1 aromatic carbocycles. The van der Waals surface area contributed by atoms with Crippen molar-refractivity contribution >= 4 is 23.8 Å². The zero-order valence-electron chi connectivity index (χ0n) is 31.0. The van der Waals surface area contributed by atoms with Gasteiger partial charge in [-0.15, -0.1) is 0 Å². The minimum absolute atomic E-state index is 0.250. The molecule has 0 aliphatic carbocycles. The predicted molar refractivity (Wildman–Crippen MR) is 190 cm³/mol. The van der Waals surface area contributed by atoms with E-state index in [2.05, 4.69) is 104 Å². The predicted octanol–water partition coefficient (Wildman–Crippen LogP) is 8.47. The Kier molecular flexibility index (Phi) is 11.7. The molecule has 46 heavy (non-hydrogen) atoms. The van der Waals surface area contributed by atoms with Gasteiger partial charge in [0.2, 0.25) is 17.8 Å². The van der Waals surface area contributed by atoms with Crippen molar-refractivity contribution in [3.8, 4) is 5.75 Å². The molecule has 3 rings (SSSR count). The molecule has 1 unspecified atom stereocenters. The minimum atomic E-state index is -0.482. The highest BCUT2D eigenvalue weighted by atomic mass is 16.5. The third-order valence-electron chi connectivity index (χ3n) is 9.00. The number of phenols is 1. The first-order chi connectivity index (χ1) is 21.2. The van der Waals surface area contributed by atoms with Crippen LogP contribution in [0.2, 0.25) is 0 Å². The maximum atomic E-state index is 13.8. The Hall–Kier alpha value is -3.10. The Morgan fingerprint density at radius 1 is 0.891 bits per heavy atom. The van der Waals surface area contributed by atoms with E-state index in [9.17, 15) is 9.90 Å². The van der Waals surface area contributed by atoms with E-state index in [0.717, 1.165) is 55.5 Å². The van der Waals surface area contributed by atoms with Crippen LogP contribution in [0.4, 0.5) is 17.8 Å². The molecule has 3 N–H and O–H groups in total. The summed E-state index contributed by atoms with van der Waals surface area (Å²) >= 11 is 0. The largest absolute Gasteiger partial charge is 0.507 e. The van der Waals surface area contributed by atoms with E-state index in [-0.39, 0.29) is 22.9 Å². The lowest BCUT2D eigenvalue weighted by Crippen LogP contribution is -2.63. The first-order valence-electron chi connectivity index (χ1n) is 17.3. The van der Waals surface area contributed by atoms with Crippen molar-refractivity contribution in [3.63, 3.8) is 0 Å². The van der Waals surface area contributed by atoms with Crippen molar-refractivity contribution in [3.05, 3.63) is 28.8 Å². The van der Waals surface area contributed by atoms with Crippen LogP contribution in [0, 0.1) is 0 Å². The smallest absolute Gasteiger partial charge is 0.313 e. The van der Waals surface area contributed by atoms with E-state index in [4.69, 9.17) is 14.7 Å². The Morgan fingerprint density at radius 3 is 1.72 bits per heavy atom. The Balaban J connectivity index is 1.89. The molecular weight excluding hydrogens is 576 g/mol. The fourth-order valence-corrected chi connectivity index (χ4v) is 6.64. The first-order valence-corrected chi connectivity index (χ1v) is 17.3. The van der Waals surface area contributed by atoms with Crippen molar-refractivity contribution in [2.45, 2.75) is 162 Å². The number of aromatic nitrogens is 3. The summed E-state index contributed by atoms with van der Waals surface area (Å²) in [5.74, 6) is 1.35. The van der Waals surface area contributed by atoms with E-state index in [1.165, 1.54) is 0 Å². The molecule has 1 atom stereocenters. The van der Waals surface area contributed by atoms with Gasteiger partial charge in [0, 0.05) is 37.0 Å². The summed E-state index contributed by atoms with van der Waals surface area (Å²) in [7, 11) is 0. The zero-order valence-corrected chi connectivity index (χ0v) is 31.0. The third-order valence-corrected chi connectivity index (χ3v) is 9.00. The summed E-state index contributed by atoms with van der Waals surface area (Å²) < 4.78 is 6.32. The van der Waals surface area contributed by atoms with Crippen molar-refractivity contribution in [1.82, 2.24) is 15.0 Å². The van der Waals surface area contributed by atoms with E-state index >= 15 is 0 Å². The number of carbonyl (C=O) groups is 1. The first kappa shape index (κ1) is 37.4. The van der Waals surface area contributed by atoms with E-state index in [0.29, 0.717) is 36.4 Å². The number of anilines is 3. The molecule has 1 aliphatic rings. The normalized spacial score (nSPS) is 17.5. The van der Waals surface area contributed by atoms with Crippen LogP contribution in [0.1, 0.15) is 151 Å². The molecule has 0 radical (unpaired) electrons.